The number of carbonyl (C=O) groups is 1. The molecule has 2 aromatic rings. The fourth-order valence-corrected chi connectivity index (χ4v) is 4.33. The van der Waals surface area contributed by atoms with E-state index in [9.17, 15) is 4.79 Å². The molecule has 2 aliphatic rings. The molecule has 0 aromatic heterocycles. The molecule has 1 saturated heterocycles. The van der Waals surface area contributed by atoms with Gasteiger partial charge in [-0.15, -0.1) is 0 Å². The van der Waals surface area contributed by atoms with E-state index in [2.05, 4.69) is 11.0 Å². The van der Waals surface area contributed by atoms with Crippen molar-refractivity contribution in [2.45, 2.75) is 25.6 Å². The molecule has 32 heavy (non-hydrogen) atoms. The molecular formula is C26H32N2O4. The maximum Gasteiger partial charge on any atom is 0.227 e. The maximum atomic E-state index is 13.0. The molecule has 6 heteroatoms. The first-order chi connectivity index (χ1) is 15.5. The van der Waals surface area contributed by atoms with Crippen molar-refractivity contribution in [3.63, 3.8) is 0 Å². The lowest BCUT2D eigenvalue weighted by molar-refractivity contribution is -0.133. The molecule has 0 aliphatic carbocycles. The van der Waals surface area contributed by atoms with Crippen LogP contribution in [0.15, 0.2) is 60.4 Å². The van der Waals surface area contributed by atoms with E-state index < -0.39 is 0 Å². The Labute approximate surface area is 190 Å². The van der Waals surface area contributed by atoms with E-state index in [1.165, 1.54) is 0 Å². The average Bonchev–Trinajstić information content (AvgIpc) is 3.19. The number of fused-ring (bicyclic) bond motifs is 1. The summed E-state index contributed by atoms with van der Waals surface area (Å²) in [6, 6.07) is 15.7. The van der Waals surface area contributed by atoms with E-state index in [0.29, 0.717) is 24.5 Å². The lowest BCUT2D eigenvalue weighted by Gasteiger charge is -2.34. The van der Waals surface area contributed by atoms with Gasteiger partial charge in [0.25, 0.3) is 0 Å². The lowest BCUT2D eigenvalue weighted by Crippen LogP contribution is -2.45. The Hall–Kier alpha value is -2.99. The first-order valence-corrected chi connectivity index (χ1v) is 11.2. The molecule has 2 atom stereocenters. The first-order valence-electron chi connectivity index (χ1n) is 11.2. The molecule has 0 spiro atoms. The fraction of sp³-hybridized carbons (Fsp3) is 0.423. The normalized spacial score (nSPS) is 19.9. The zero-order valence-electron chi connectivity index (χ0n) is 19.1. The molecule has 2 aliphatic heterocycles. The summed E-state index contributed by atoms with van der Waals surface area (Å²) in [6.07, 6.45) is 3.63. The standard InChI is InChI=1S/C26H32N2O4/c1-27(2)17-22-15-21-16-28(12-11-23(21)32-22)26(29)14-20-9-10-24(25(13-20)30-3)31-18-19-7-5-4-6-8-19/h4-10,13,15,21,23H,11-12,14,16-18H2,1-3H3. The van der Waals surface area contributed by atoms with Gasteiger partial charge < -0.3 is 24.0 Å². The Morgan fingerprint density at radius 2 is 1.94 bits per heavy atom. The van der Waals surface area contributed by atoms with Crippen molar-refractivity contribution in [1.29, 1.82) is 0 Å². The van der Waals surface area contributed by atoms with Crippen molar-refractivity contribution in [2.75, 3.05) is 40.8 Å². The van der Waals surface area contributed by atoms with E-state index in [4.69, 9.17) is 14.2 Å². The molecule has 1 amide bonds. The number of nitrogens with zero attached hydrogens (tertiary/aromatic N) is 2. The molecule has 2 unspecified atom stereocenters. The van der Waals surface area contributed by atoms with Crippen LogP contribution in [0.1, 0.15) is 17.5 Å². The topological polar surface area (TPSA) is 51.2 Å². The SMILES string of the molecule is COc1cc(CC(=O)N2CCC3OC(CN(C)C)=CC3C2)ccc1OCc1ccccc1. The van der Waals surface area contributed by atoms with Crippen molar-refractivity contribution in [2.24, 2.45) is 5.92 Å². The summed E-state index contributed by atoms with van der Waals surface area (Å²) in [6.45, 7) is 2.73. The van der Waals surface area contributed by atoms with Crippen LogP contribution in [0.4, 0.5) is 0 Å². The predicted octanol–water partition coefficient (Wildman–Crippen LogP) is 3.51. The second-order valence-electron chi connectivity index (χ2n) is 8.76. The largest absolute Gasteiger partial charge is 0.493 e. The van der Waals surface area contributed by atoms with Gasteiger partial charge in [-0.1, -0.05) is 36.4 Å². The average molecular weight is 437 g/mol. The quantitative estimate of drug-likeness (QED) is 0.634. The third kappa shape index (κ3) is 5.43. The number of hydrogen-bond donors (Lipinski definition) is 0. The third-order valence-electron chi connectivity index (χ3n) is 5.94. The van der Waals surface area contributed by atoms with Crippen molar-refractivity contribution in [3.8, 4) is 11.5 Å². The van der Waals surface area contributed by atoms with Crippen LogP contribution in [0, 0.1) is 5.92 Å². The van der Waals surface area contributed by atoms with Crippen LogP contribution in [0.2, 0.25) is 0 Å². The van der Waals surface area contributed by atoms with Crippen LogP contribution in [0.3, 0.4) is 0 Å². The Bertz CT molecular complexity index is 958. The number of amides is 1. The number of rotatable bonds is 8. The minimum absolute atomic E-state index is 0.137. The van der Waals surface area contributed by atoms with Gasteiger partial charge in [0.1, 0.15) is 18.5 Å². The smallest absolute Gasteiger partial charge is 0.227 e. The molecule has 6 nitrogen and oxygen atoms in total. The number of ether oxygens (including phenoxy) is 3. The van der Waals surface area contributed by atoms with Crippen LogP contribution in [-0.4, -0.2) is 62.7 Å². The summed E-state index contributed by atoms with van der Waals surface area (Å²) in [4.78, 5) is 17.1. The van der Waals surface area contributed by atoms with Gasteiger partial charge in [-0.25, -0.2) is 0 Å². The second kappa shape index (κ2) is 10.1. The molecule has 4 rings (SSSR count). The molecule has 170 valence electrons. The number of likely N-dealkylation sites (N-methyl/N-ethyl adjacent to an activating group) is 1. The molecule has 0 radical (unpaired) electrons. The van der Waals surface area contributed by atoms with Gasteiger partial charge in [-0.2, -0.15) is 0 Å². The predicted molar refractivity (Wildman–Crippen MR) is 124 cm³/mol. The third-order valence-corrected chi connectivity index (χ3v) is 5.94. The molecule has 0 saturated carbocycles. The Morgan fingerprint density at radius 3 is 2.69 bits per heavy atom. The number of methoxy groups -OCH3 is 1. The van der Waals surface area contributed by atoms with Gasteiger partial charge in [-0.3, -0.25) is 4.79 Å². The minimum atomic E-state index is 0.137. The van der Waals surface area contributed by atoms with Gasteiger partial charge >= 0.3 is 0 Å². The Kier molecular flexibility index (Phi) is 7.00. The van der Waals surface area contributed by atoms with E-state index in [1.54, 1.807) is 7.11 Å². The highest BCUT2D eigenvalue weighted by Gasteiger charge is 2.36. The van der Waals surface area contributed by atoms with Crippen LogP contribution in [-0.2, 0) is 22.6 Å². The minimum Gasteiger partial charge on any atom is -0.493 e. The van der Waals surface area contributed by atoms with Crippen LogP contribution < -0.4 is 9.47 Å². The Balaban J connectivity index is 1.35. The van der Waals surface area contributed by atoms with Gasteiger partial charge in [0.15, 0.2) is 11.5 Å². The first kappa shape index (κ1) is 22.2. The highest BCUT2D eigenvalue weighted by atomic mass is 16.5. The van der Waals surface area contributed by atoms with Crippen molar-refractivity contribution in [3.05, 3.63) is 71.5 Å². The van der Waals surface area contributed by atoms with Gasteiger partial charge in [0.2, 0.25) is 5.91 Å². The summed E-state index contributed by atoms with van der Waals surface area (Å²) < 4.78 is 17.5. The van der Waals surface area contributed by atoms with Crippen LogP contribution in [0.25, 0.3) is 0 Å². The highest BCUT2D eigenvalue weighted by Crippen LogP contribution is 2.32. The number of benzene rings is 2. The summed E-state index contributed by atoms with van der Waals surface area (Å²) in [7, 11) is 5.70. The number of hydrogen-bond acceptors (Lipinski definition) is 5. The molecular weight excluding hydrogens is 404 g/mol. The van der Waals surface area contributed by atoms with Crippen molar-refractivity contribution in [1.82, 2.24) is 9.80 Å². The molecule has 2 heterocycles. The van der Waals surface area contributed by atoms with Gasteiger partial charge in [0, 0.05) is 25.4 Å². The number of piperidine rings is 1. The number of likely N-dealkylation sites (tertiary alicyclic amines) is 1. The van der Waals surface area contributed by atoms with E-state index in [0.717, 1.165) is 42.9 Å². The monoisotopic (exact) mass is 436 g/mol. The van der Waals surface area contributed by atoms with Crippen molar-refractivity contribution >= 4 is 5.91 Å². The van der Waals surface area contributed by atoms with Crippen LogP contribution >= 0.6 is 0 Å². The summed E-state index contributed by atoms with van der Waals surface area (Å²) >= 11 is 0. The van der Waals surface area contributed by atoms with E-state index in [-0.39, 0.29) is 17.9 Å². The summed E-state index contributed by atoms with van der Waals surface area (Å²) in [5.41, 5.74) is 2.02. The molecule has 0 N–H and O–H groups in total. The van der Waals surface area contributed by atoms with Gasteiger partial charge in [-0.05, 0) is 43.4 Å². The van der Waals surface area contributed by atoms with E-state index >= 15 is 0 Å². The zero-order valence-corrected chi connectivity index (χ0v) is 19.1. The molecule has 2 aromatic carbocycles. The Morgan fingerprint density at radius 1 is 1.12 bits per heavy atom. The van der Waals surface area contributed by atoms with Crippen molar-refractivity contribution < 1.29 is 19.0 Å². The lowest BCUT2D eigenvalue weighted by atomic mass is 9.95. The maximum absolute atomic E-state index is 13.0. The molecule has 0 bridgehead atoms. The summed E-state index contributed by atoms with van der Waals surface area (Å²) in [5, 5.41) is 0. The fourth-order valence-electron chi connectivity index (χ4n) is 4.33. The molecule has 1 fully saturated rings. The van der Waals surface area contributed by atoms with Crippen LogP contribution in [0.5, 0.6) is 11.5 Å². The van der Waals surface area contributed by atoms with E-state index in [1.807, 2.05) is 67.5 Å². The highest BCUT2D eigenvalue weighted by molar-refractivity contribution is 5.79. The van der Waals surface area contributed by atoms with Gasteiger partial charge in [0.05, 0.1) is 20.1 Å². The number of carbonyl (C=O) groups excluding carboxylic acids is 1. The zero-order chi connectivity index (χ0) is 22.5. The summed E-state index contributed by atoms with van der Waals surface area (Å²) in [5.74, 6) is 2.76. The second-order valence-corrected chi connectivity index (χ2v) is 8.76.